The van der Waals surface area contributed by atoms with Gasteiger partial charge >= 0.3 is 5.97 Å². The summed E-state index contributed by atoms with van der Waals surface area (Å²) in [6.07, 6.45) is 3.05. The van der Waals surface area contributed by atoms with E-state index in [0.717, 1.165) is 36.0 Å². The number of hydrogen-bond donors (Lipinski definition) is 2. The molecule has 32 heavy (non-hydrogen) atoms. The van der Waals surface area contributed by atoms with Gasteiger partial charge in [0.25, 0.3) is 10.0 Å². The molecular formula is C25H25NO5S. The maximum absolute atomic E-state index is 13.2. The fourth-order valence-electron chi connectivity index (χ4n) is 3.52. The molecule has 0 aliphatic heterocycles. The van der Waals surface area contributed by atoms with Gasteiger partial charge in [0.2, 0.25) is 0 Å². The number of nitrogens with one attached hydrogen (secondary N) is 1. The second-order valence-corrected chi connectivity index (χ2v) is 9.80. The van der Waals surface area contributed by atoms with Crippen molar-refractivity contribution in [1.82, 2.24) is 0 Å². The lowest BCUT2D eigenvalue weighted by molar-refractivity contribution is 0.0697. The van der Waals surface area contributed by atoms with E-state index in [2.05, 4.69) is 4.72 Å². The molecule has 1 aliphatic rings. The molecule has 7 heteroatoms. The van der Waals surface area contributed by atoms with Crippen LogP contribution in [0.4, 0.5) is 5.69 Å². The Hall–Kier alpha value is -3.32. The van der Waals surface area contributed by atoms with Crippen LogP contribution in [0.1, 0.15) is 39.9 Å². The molecule has 3 aromatic rings. The quantitative estimate of drug-likeness (QED) is 0.476. The monoisotopic (exact) mass is 451 g/mol. The Labute approximate surface area is 187 Å². The van der Waals surface area contributed by atoms with E-state index in [4.69, 9.17) is 9.84 Å². The average Bonchev–Trinajstić information content (AvgIpc) is 3.57. The number of carbonyl (C=O) groups is 1. The van der Waals surface area contributed by atoms with Gasteiger partial charge in [-0.1, -0.05) is 36.4 Å². The molecular weight excluding hydrogens is 426 g/mol. The van der Waals surface area contributed by atoms with Crippen LogP contribution in [0.3, 0.4) is 0 Å². The minimum atomic E-state index is -3.79. The molecule has 1 fully saturated rings. The summed E-state index contributed by atoms with van der Waals surface area (Å²) in [6.45, 7) is 2.06. The van der Waals surface area contributed by atoms with E-state index in [9.17, 15) is 13.2 Å². The number of rotatable bonds is 9. The van der Waals surface area contributed by atoms with Crippen LogP contribution in [0.2, 0.25) is 0 Å². The number of carboxylic acid groups (broad SMARTS) is 1. The van der Waals surface area contributed by atoms with Crippen molar-refractivity contribution in [3.8, 4) is 5.75 Å². The molecule has 0 bridgehead atoms. The van der Waals surface area contributed by atoms with Gasteiger partial charge in [-0.15, -0.1) is 0 Å². The van der Waals surface area contributed by atoms with Crippen molar-refractivity contribution in [2.75, 3.05) is 4.72 Å². The van der Waals surface area contributed by atoms with Crippen LogP contribution in [0.25, 0.3) is 0 Å². The van der Waals surface area contributed by atoms with E-state index in [1.54, 1.807) is 36.4 Å². The zero-order chi connectivity index (χ0) is 22.7. The molecule has 0 aromatic heterocycles. The van der Waals surface area contributed by atoms with E-state index >= 15 is 0 Å². The summed E-state index contributed by atoms with van der Waals surface area (Å²) in [5.74, 6) is -0.0208. The molecule has 4 rings (SSSR count). The zero-order valence-corrected chi connectivity index (χ0v) is 18.6. The molecule has 6 nitrogen and oxygen atoms in total. The lowest BCUT2D eigenvalue weighted by Gasteiger charge is -2.16. The number of aryl methyl sites for hydroxylation is 1. The second-order valence-electron chi connectivity index (χ2n) is 8.15. The molecule has 0 saturated heterocycles. The Morgan fingerprint density at radius 3 is 2.47 bits per heavy atom. The second kappa shape index (κ2) is 9.04. The maximum atomic E-state index is 13.2. The highest BCUT2D eigenvalue weighted by Crippen LogP contribution is 2.35. The van der Waals surface area contributed by atoms with Crippen molar-refractivity contribution in [2.24, 2.45) is 5.92 Å². The van der Waals surface area contributed by atoms with Crippen LogP contribution >= 0.6 is 0 Å². The zero-order valence-electron chi connectivity index (χ0n) is 17.7. The van der Waals surface area contributed by atoms with E-state index in [0.29, 0.717) is 22.3 Å². The van der Waals surface area contributed by atoms with Gasteiger partial charge in [0.15, 0.2) is 0 Å². The molecule has 0 atom stereocenters. The first-order valence-electron chi connectivity index (χ1n) is 10.5. The fraction of sp³-hybridized carbons (Fsp3) is 0.240. The summed E-state index contributed by atoms with van der Waals surface area (Å²) in [4.78, 5) is 11.3. The van der Waals surface area contributed by atoms with Crippen molar-refractivity contribution in [3.05, 3.63) is 89.0 Å². The van der Waals surface area contributed by atoms with Gasteiger partial charge in [0.05, 0.1) is 16.1 Å². The molecule has 3 aromatic carbocycles. The average molecular weight is 452 g/mol. The number of aromatic carboxylic acids is 1. The predicted molar refractivity (Wildman–Crippen MR) is 123 cm³/mol. The SMILES string of the molecule is Cc1ccc(OCc2ccc(C(=O)O)cc2)c(NS(=O)(=O)c2ccccc2CC2CC2)c1. The van der Waals surface area contributed by atoms with E-state index < -0.39 is 16.0 Å². The highest BCUT2D eigenvalue weighted by Gasteiger charge is 2.26. The smallest absolute Gasteiger partial charge is 0.335 e. The first-order valence-corrected chi connectivity index (χ1v) is 12.0. The van der Waals surface area contributed by atoms with Gasteiger partial charge in [-0.2, -0.15) is 0 Å². The third-order valence-electron chi connectivity index (χ3n) is 5.44. The fourth-order valence-corrected chi connectivity index (χ4v) is 4.83. The summed E-state index contributed by atoms with van der Waals surface area (Å²) < 4.78 is 35.1. The Morgan fingerprint density at radius 1 is 1.06 bits per heavy atom. The van der Waals surface area contributed by atoms with Gasteiger partial charge in [-0.05, 0) is 79.1 Å². The lowest BCUT2D eigenvalue weighted by Crippen LogP contribution is -2.16. The Morgan fingerprint density at radius 2 is 1.78 bits per heavy atom. The molecule has 0 amide bonds. The molecule has 0 radical (unpaired) electrons. The Kier molecular flexibility index (Phi) is 6.19. The number of anilines is 1. The number of ether oxygens (including phenoxy) is 1. The van der Waals surface area contributed by atoms with E-state index in [-0.39, 0.29) is 12.2 Å². The third kappa shape index (κ3) is 5.29. The standard InChI is InChI=1S/C25H25NO5S/c1-17-6-13-23(31-16-19-9-11-20(12-10-19)25(27)28)22(14-17)26-32(29,30)24-5-3-2-4-21(24)15-18-7-8-18/h2-6,9-14,18,26H,7-8,15-16H2,1H3,(H,27,28). The van der Waals surface area contributed by atoms with Crippen LogP contribution in [0, 0.1) is 12.8 Å². The van der Waals surface area contributed by atoms with Crippen molar-refractivity contribution in [3.63, 3.8) is 0 Å². The van der Waals surface area contributed by atoms with Gasteiger partial charge in [0.1, 0.15) is 12.4 Å². The first kappa shape index (κ1) is 21.9. The van der Waals surface area contributed by atoms with Crippen molar-refractivity contribution in [2.45, 2.75) is 37.7 Å². The maximum Gasteiger partial charge on any atom is 0.335 e. The van der Waals surface area contributed by atoms with Crippen LogP contribution in [-0.2, 0) is 23.1 Å². The molecule has 0 spiro atoms. The highest BCUT2D eigenvalue weighted by atomic mass is 32.2. The summed E-state index contributed by atoms with van der Waals surface area (Å²) in [5, 5.41) is 9.02. The van der Waals surface area contributed by atoms with Crippen LogP contribution in [0.5, 0.6) is 5.75 Å². The minimum absolute atomic E-state index is 0.177. The number of hydrogen-bond acceptors (Lipinski definition) is 4. The minimum Gasteiger partial charge on any atom is -0.487 e. The third-order valence-corrected chi connectivity index (χ3v) is 6.91. The van der Waals surface area contributed by atoms with E-state index in [1.165, 1.54) is 12.1 Å². The molecule has 1 aliphatic carbocycles. The van der Waals surface area contributed by atoms with Gasteiger partial charge in [0, 0.05) is 0 Å². The summed E-state index contributed by atoms with van der Waals surface area (Å²) >= 11 is 0. The molecule has 166 valence electrons. The first-order chi connectivity index (χ1) is 15.3. The van der Waals surface area contributed by atoms with Gasteiger partial charge in [-0.3, -0.25) is 4.72 Å². The number of sulfonamides is 1. The summed E-state index contributed by atoms with van der Waals surface area (Å²) in [5.41, 5.74) is 3.07. The van der Waals surface area contributed by atoms with Crippen molar-refractivity contribution < 1.29 is 23.1 Å². The van der Waals surface area contributed by atoms with Crippen LogP contribution in [0.15, 0.2) is 71.6 Å². The molecule has 0 unspecified atom stereocenters. The summed E-state index contributed by atoms with van der Waals surface area (Å²) in [7, 11) is -3.79. The molecule has 0 heterocycles. The molecule has 1 saturated carbocycles. The lowest BCUT2D eigenvalue weighted by atomic mass is 10.1. The largest absolute Gasteiger partial charge is 0.487 e. The highest BCUT2D eigenvalue weighted by molar-refractivity contribution is 7.92. The Bertz CT molecular complexity index is 1230. The predicted octanol–water partition coefficient (Wildman–Crippen LogP) is 5.03. The van der Waals surface area contributed by atoms with Gasteiger partial charge in [-0.25, -0.2) is 13.2 Å². The van der Waals surface area contributed by atoms with Gasteiger partial charge < -0.3 is 9.84 Å². The van der Waals surface area contributed by atoms with Crippen LogP contribution in [-0.4, -0.2) is 19.5 Å². The topological polar surface area (TPSA) is 92.7 Å². The van der Waals surface area contributed by atoms with E-state index in [1.807, 2.05) is 25.1 Å². The van der Waals surface area contributed by atoms with Crippen molar-refractivity contribution in [1.29, 1.82) is 0 Å². The summed E-state index contributed by atoms with van der Waals surface area (Å²) in [6, 6.07) is 18.8. The van der Waals surface area contributed by atoms with Crippen molar-refractivity contribution >= 4 is 21.7 Å². The normalized spacial score (nSPS) is 13.5. The number of carboxylic acids is 1. The number of benzene rings is 3. The molecule has 2 N–H and O–H groups in total. The Balaban J connectivity index is 1.55. The van der Waals surface area contributed by atoms with Crippen LogP contribution < -0.4 is 9.46 Å².